The first-order valence-corrected chi connectivity index (χ1v) is 12.9. The second-order valence-corrected chi connectivity index (χ2v) is 10.6. The fourth-order valence-electron chi connectivity index (χ4n) is 5.81. The van der Waals surface area contributed by atoms with E-state index < -0.39 is 0 Å². The molecule has 2 saturated heterocycles. The first-order valence-electron chi connectivity index (χ1n) is 12.9. The first-order chi connectivity index (χ1) is 18.1. The summed E-state index contributed by atoms with van der Waals surface area (Å²) in [5.74, 6) is 1.59. The van der Waals surface area contributed by atoms with Crippen LogP contribution in [0.2, 0.25) is 0 Å². The normalized spacial score (nSPS) is 18.4. The summed E-state index contributed by atoms with van der Waals surface area (Å²) in [6.45, 7) is 6.53. The molecular weight excluding hydrogens is 464 g/mol. The number of aromatic amines is 2. The quantitative estimate of drug-likeness (QED) is 0.369. The molecule has 5 aromatic rings. The SMILES string of the molecule is CC(Oc1ccc2[nH]nc(-c3cnc(N4CC5(CCN(C)CC5)C4)nc3)c2c1)c1ccnc2[nH]ccc12. The zero-order chi connectivity index (χ0) is 25.0. The Balaban J connectivity index is 1.10. The smallest absolute Gasteiger partial charge is 0.225 e. The standard InChI is InChI=1S/C28H30N8O/c1-18(21-5-9-29-26-22(21)6-10-30-26)37-20-3-4-24-23(13-20)25(34-33-24)19-14-31-27(32-15-19)36-16-28(17-36)7-11-35(2)12-8-28/h3-6,9-10,13-15,18H,7-8,11-12,16-17H2,1-2H3,(H,29,30)(H,33,34). The van der Waals surface area contributed by atoms with E-state index >= 15 is 0 Å². The van der Waals surface area contributed by atoms with Crippen molar-refractivity contribution < 1.29 is 4.74 Å². The molecule has 6 heterocycles. The Morgan fingerprint density at radius 1 is 1.00 bits per heavy atom. The molecule has 1 atom stereocenters. The van der Waals surface area contributed by atoms with Crippen molar-refractivity contribution in [2.75, 3.05) is 38.1 Å². The minimum absolute atomic E-state index is 0.138. The highest BCUT2D eigenvalue weighted by Gasteiger charge is 2.45. The summed E-state index contributed by atoms with van der Waals surface area (Å²) in [6, 6.07) is 10.1. The minimum Gasteiger partial charge on any atom is -0.486 e. The Bertz CT molecular complexity index is 1560. The number of benzene rings is 1. The van der Waals surface area contributed by atoms with E-state index in [4.69, 9.17) is 14.7 Å². The van der Waals surface area contributed by atoms with Crippen molar-refractivity contribution in [3.63, 3.8) is 0 Å². The molecular formula is C28H30N8O. The topological polar surface area (TPSA) is 98.8 Å². The lowest BCUT2D eigenvalue weighted by Gasteiger charge is -2.53. The van der Waals surface area contributed by atoms with Crippen molar-refractivity contribution in [1.29, 1.82) is 0 Å². The molecule has 1 spiro atoms. The van der Waals surface area contributed by atoms with Gasteiger partial charge in [-0.3, -0.25) is 5.10 Å². The third-order valence-corrected chi connectivity index (χ3v) is 8.07. The molecule has 4 aromatic heterocycles. The molecule has 2 N–H and O–H groups in total. The number of rotatable bonds is 5. The summed E-state index contributed by atoms with van der Waals surface area (Å²) in [4.78, 5) is 21.7. The number of anilines is 1. The van der Waals surface area contributed by atoms with Gasteiger partial charge >= 0.3 is 0 Å². The number of nitrogens with zero attached hydrogens (tertiary/aromatic N) is 6. The van der Waals surface area contributed by atoms with Gasteiger partial charge in [-0.05, 0) is 70.2 Å². The van der Waals surface area contributed by atoms with Crippen LogP contribution < -0.4 is 9.64 Å². The molecule has 188 valence electrons. The van der Waals surface area contributed by atoms with Gasteiger partial charge in [0, 0.05) is 65.2 Å². The number of fused-ring (bicyclic) bond motifs is 2. The van der Waals surface area contributed by atoms with Gasteiger partial charge in [0.1, 0.15) is 23.2 Å². The van der Waals surface area contributed by atoms with Gasteiger partial charge in [0.05, 0.1) is 5.52 Å². The second-order valence-electron chi connectivity index (χ2n) is 10.6. The number of likely N-dealkylation sites (tertiary alicyclic amines) is 1. The second kappa shape index (κ2) is 8.55. The Morgan fingerprint density at radius 3 is 2.62 bits per heavy atom. The van der Waals surface area contributed by atoms with Crippen molar-refractivity contribution in [3.05, 3.63) is 60.7 Å². The van der Waals surface area contributed by atoms with Gasteiger partial charge in [-0.15, -0.1) is 0 Å². The van der Waals surface area contributed by atoms with Crippen LogP contribution in [0.15, 0.2) is 55.1 Å². The minimum atomic E-state index is -0.138. The molecule has 9 nitrogen and oxygen atoms in total. The maximum atomic E-state index is 6.36. The van der Waals surface area contributed by atoms with E-state index in [1.165, 1.54) is 25.9 Å². The van der Waals surface area contributed by atoms with Crippen molar-refractivity contribution in [3.8, 4) is 17.0 Å². The fourth-order valence-corrected chi connectivity index (χ4v) is 5.81. The molecule has 0 aliphatic carbocycles. The lowest BCUT2D eigenvalue weighted by molar-refractivity contribution is 0.0894. The van der Waals surface area contributed by atoms with Crippen LogP contribution in [0.4, 0.5) is 5.95 Å². The van der Waals surface area contributed by atoms with E-state index in [0.29, 0.717) is 5.41 Å². The average Bonchev–Trinajstić information content (AvgIpc) is 3.55. The van der Waals surface area contributed by atoms with Crippen LogP contribution in [0.25, 0.3) is 33.2 Å². The Morgan fingerprint density at radius 2 is 1.81 bits per heavy atom. The number of aromatic nitrogens is 6. The van der Waals surface area contributed by atoms with E-state index in [0.717, 1.165) is 63.5 Å². The number of piperidine rings is 1. The average molecular weight is 495 g/mol. The summed E-state index contributed by atoms with van der Waals surface area (Å²) >= 11 is 0. The van der Waals surface area contributed by atoms with Crippen molar-refractivity contribution >= 4 is 27.9 Å². The molecule has 0 amide bonds. The third-order valence-electron chi connectivity index (χ3n) is 8.07. The summed E-state index contributed by atoms with van der Waals surface area (Å²) < 4.78 is 6.36. The molecule has 2 aliphatic heterocycles. The molecule has 1 unspecified atom stereocenters. The van der Waals surface area contributed by atoms with Gasteiger partial charge in [-0.1, -0.05) is 0 Å². The van der Waals surface area contributed by atoms with E-state index in [1.54, 1.807) is 0 Å². The lowest BCUT2D eigenvalue weighted by atomic mass is 9.72. The van der Waals surface area contributed by atoms with Crippen LogP contribution in [0, 0.1) is 5.41 Å². The van der Waals surface area contributed by atoms with E-state index in [1.807, 2.05) is 55.1 Å². The van der Waals surface area contributed by atoms with E-state index in [2.05, 4.69) is 43.9 Å². The summed E-state index contributed by atoms with van der Waals surface area (Å²) in [5.41, 5.74) is 5.07. The van der Waals surface area contributed by atoms with Crippen LogP contribution in [0.5, 0.6) is 5.75 Å². The maximum absolute atomic E-state index is 6.36. The molecule has 2 fully saturated rings. The van der Waals surface area contributed by atoms with Crippen molar-refractivity contribution in [2.45, 2.75) is 25.9 Å². The molecule has 0 radical (unpaired) electrons. The molecule has 9 heteroatoms. The number of nitrogens with one attached hydrogen (secondary N) is 2. The Kier molecular flexibility index (Phi) is 5.14. The maximum Gasteiger partial charge on any atom is 0.225 e. The fraction of sp³-hybridized carbons (Fsp3) is 0.357. The van der Waals surface area contributed by atoms with Crippen LogP contribution in [-0.4, -0.2) is 68.3 Å². The zero-order valence-corrected chi connectivity index (χ0v) is 21.1. The lowest BCUT2D eigenvalue weighted by Crippen LogP contribution is -2.60. The summed E-state index contributed by atoms with van der Waals surface area (Å²) in [5, 5.41) is 9.76. The van der Waals surface area contributed by atoms with Crippen LogP contribution in [-0.2, 0) is 0 Å². The number of pyridine rings is 1. The van der Waals surface area contributed by atoms with Crippen LogP contribution >= 0.6 is 0 Å². The van der Waals surface area contributed by atoms with Gasteiger partial charge in [-0.25, -0.2) is 15.0 Å². The van der Waals surface area contributed by atoms with Gasteiger partial charge in [0.25, 0.3) is 0 Å². The highest BCUT2D eigenvalue weighted by Crippen LogP contribution is 2.41. The highest BCUT2D eigenvalue weighted by atomic mass is 16.5. The van der Waals surface area contributed by atoms with Crippen molar-refractivity contribution in [2.24, 2.45) is 5.41 Å². The monoisotopic (exact) mass is 494 g/mol. The van der Waals surface area contributed by atoms with Crippen LogP contribution in [0.1, 0.15) is 31.4 Å². The summed E-state index contributed by atoms with van der Waals surface area (Å²) in [6.07, 6.45) is 9.86. The molecule has 0 saturated carbocycles. The van der Waals surface area contributed by atoms with Crippen molar-refractivity contribution in [1.82, 2.24) is 35.0 Å². The van der Waals surface area contributed by atoms with Gasteiger partial charge < -0.3 is 19.5 Å². The van der Waals surface area contributed by atoms with Crippen LogP contribution in [0.3, 0.4) is 0 Å². The Labute approximate surface area is 214 Å². The molecule has 0 bridgehead atoms. The molecule has 7 rings (SSSR count). The predicted octanol–water partition coefficient (Wildman–Crippen LogP) is 4.57. The Hall–Kier alpha value is -3.98. The van der Waals surface area contributed by atoms with Gasteiger partial charge in [0.2, 0.25) is 5.95 Å². The molecule has 37 heavy (non-hydrogen) atoms. The number of hydrogen-bond donors (Lipinski definition) is 2. The number of H-pyrrole nitrogens is 2. The summed E-state index contributed by atoms with van der Waals surface area (Å²) in [7, 11) is 2.21. The van der Waals surface area contributed by atoms with Gasteiger partial charge in [-0.2, -0.15) is 5.10 Å². The van der Waals surface area contributed by atoms with E-state index in [-0.39, 0.29) is 6.10 Å². The number of ether oxygens (including phenoxy) is 1. The first kappa shape index (κ1) is 22.2. The predicted molar refractivity (Wildman–Crippen MR) is 144 cm³/mol. The highest BCUT2D eigenvalue weighted by molar-refractivity contribution is 5.93. The van der Waals surface area contributed by atoms with E-state index in [9.17, 15) is 0 Å². The molecule has 1 aromatic carbocycles. The molecule has 2 aliphatic rings. The zero-order valence-electron chi connectivity index (χ0n) is 21.1. The largest absolute Gasteiger partial charge is 0.486 e. The third kappa shape index (κ3) is 3.90. The van der Waals surface area contributed by atoms with Gasteiger partial charge in [0.15, 0.2) is 0 Å². The number of hydrogen-bond acceptors (Lipinski definition) is 7.